The number of halogens is 1. The molecule has 0 radical (unpaired) electrons. The second-order valence-corrected chi connectivity index (χ2v) is 7.18. The molecular formula is C13H20FN2O9P. The number of hydrogen-bond donors (Lipinski definition) is 5. The molecule has 0 aliphatic carbocycles. The number of alkyl halides is 1. The number of aromatic nitrogens is 2. The van der Waals surface area contributed by atoms with Gasteiger partial charge in [-0.25, -0.2) is 18.3 Å². The number of aromatic amines is 1. The normalized spacial score (nSPS) is 28.9. The van der Waals surface area contributed by atoms with E-state index in [-0.39, 0.29) is 5.56 Å². The van der Waals surface area contributed by atoms with Crippen LogP contribution in [0.4, 0.5) is 4.39 Å². The highest BCUT2D eigenvalue weighted by Gasteiger charge is 2.49. The Morgan fingerprint density at radius 1 is 1.38 bits per heavy atom. The van der Waals surface area contributed by atoms with Gasteiger partial charge >= 0.3 is 13.5 Å². The van der Waals surface area contributed by atoms with Gasteiger partial charge in [0.1, 0.15) is 18.3 Å². The number of ether oxygens (including phenoxy) is 1. The quantitative estimate of drug-likeness (QED) is 0.370. The second kappa shape index (κ2) is 7.31. The molecule has 1 aliphatic rings. The topological polar surface area (TPSA) is 171 Å². The molecule has 0 amide bonds. The molecule has 1 fully saturated rings. The minimum absolute atomic E-state index is 0.169. The Labute approximate surface area is 146 Å². The van der Waals surface area contributed by atoms with E-state index in [4.69, 9.17) is 14.5 Å². The van der Waals surface area contributed by atoms with Crippen LogP contribution in [0.5, 0.6) is 0 Å². The SMILES string of the molecule is CCC(F)(C[C@H]1O[C@@H](c2c[nH]c(=O)n(C)c2=O)[C@H](O)[C@@H]1O)OP(=O)(O)O. The molecule has 2 heterocycles. The molecule has 1 saturated heterocycles. The summed E-state index contributed by atoms with van der Waals surface area (Å²) in [5, 5.41) is 20.2. The summed E-state index contributed by atoms with van der Waals surface area (Å²) in [4.78, 5) is 43.4. The van der Waals surface area contributed by atoms with Crippen molar-refractivity contribution in [1.29, 1.82) is 0 Å². The van der Waals surface area contributed by atoms with Crippen LogP contribution in [-0.2, 0) is 20.9 Å². The summed E-state index contributed by atoms with van der Waals surface area (Å²) in [6, 6.07) is 0. The second-order valence-electron chi connectivity index (χ2n) is 6.01. The summed E-state index contributed by atoms with van der Waals surface area (Å²) in [7, 11) is -3.96. The molecule has 11 nitrogen and oxygen atoms in total. The van der Waals surface area contributed by atoms with E-state index >= 15 is 0 Å². The van der Waals surface area contributed by atoms with Gasteiger partial charge in [-0.2, -0.15) is 0 Å². The first-order valence-electron chi connectivity index (χ1n) is 7.64. The van der Waals surface area contributed by atoms with Crippen molar-refractivity contribution in [3.05, 3.63) is 32.6 Å². The Morgan fingerprint density at radius 2 is 2.00 bits per heavy atom. The van der Waals surface area contributed by atoms with E-state index in [1.165, 1.54) is 14.0 Å². The lowest BCUT2D eigenvalue weighted by atomic mass is 9.99. The van der Waals surface area contributed by atoms with E-state index in [2.05, 4.69) is 9.51 Å². The maximum absolute atomic E-state index is 14.6. The maximum atomic E-state index is 14.6. The minimum Gasteiger partial charge on any atom is -0.388 e. The van der Waals surface area contributed by atoms with Crippen LogP contribution in [0.15, 0.2) is 15.8 Å². The van der Waals surface area contributed by atoms with Crippen LogP contribution in [0.2, 0.25) is 0 Å². The molecule has 0 saturated carbocycles. The molecule has 148 valence electrons. The van der Waals surface area contributed by atoms with E-state index in [1.54, 1.807) is 0 Å². The Bertz CT molecular complexity index is 821. The fourth-order valence-corrected chi connectivity index (χ4v) is 3.35. The summed E-state index contributed by atoms with van der Waals surface area (Å²) in [6.07, 6.45) is -6.32. The van der Waals surface area contributed by atoms with Gasteiger partial charge in [-0.3, -0.25) is 9.36 Å². The number of hydrogen-bond acceptors (Lipinski definition) is 7. The number of nitrogens with one attached hydrogen (secondary N) is 1. The van der Waals surface area contributed by atoms with E-state index in [0.29, 0.717) is 0 Å². The third kappa shape index (κ3) is 4.29. The fourth-order valence-electron chi connectivity index (χ4n) is 2.72. The van der Waals surface area contributed by atoms with Crippen LogP contribution in [0.3, 0.4) is 0 Å². The molecule has 26 heavy (non-hydrogen) atoms. The van der Waals surface area contributed by atoms with Gasteiger partial charge in [-0.05, 0) is 0 Å². The molecular weight excluding hydrogens is 378 g/mol. The van der Waals surface area contributed by atoms with E-state index < -0.39 is 62.2 Å². The number of phosphoric acid groups is 1. The number of aliphatic hydroxyl groups excluding tert-OH is 2. The zero-order valence-corrected chi connectivity index (χ0v) is 14.8. The van der Waals surface area contributed by atoms with Crippen LogP contribution in [0.25, 0.3) is 0 Å². The lowest BCUT2D eigenvalue weighted by Gasteiger charge is -2.27. The van der Waals surface area contributed by atoms with Gasteiger partial charge in [0.2, 0.25) is 5.85 Å². The standard InChI is InChI=1S/C13H20FN2O9P/c1-3-13(14,25-26(21,22)23)4-7-8(17)9(18)10(24-7)6-5-15-12(20)16(2)11(6)19/h5,7-10,17-18H,3-4H2,1-2H3,(H,15,20)(H2,21,22,23)/t7-,8-,9-,10+,13?/m1/s1. The number of H-pyrrole nitrogens is 1. The Hall–Kier alpha value is -1.40. The van der Waals surface area contributed by atoms with Crippen LogP contribution >= 0.6 is 7.82 Å². The van der Waals surface area contributed by atoms with Gasteiger partial charge < -0.3 is 29.7 Å². The molecule has 13 heteroatoms. The molecule has 1 aliphatic heterocycles. The largest absolute Gasteiger partial charge is 0.472 e. The zero-order chi connectivity index (χ0) is 19.9. The van der Waals surface area contributed by atoms with Crippen molar-refractivity contribution in [2.24, 2.45) is 7.05 Å². The summed E-state index contributed by atoms with van der Waals surface area (Å²) < 4.78 is 35.7. The van der Waals surface area contributed by atoms with Crippen LogP contribution in [0.1, 0.15) is 31.4 Å². The minimum atomic E-state index is -5.16. The average molecular weight is 398 g/mol. The Balaban J connectivity index is 2.27. The van der Waals surface area contributed by atoms with E-state index in [0.717, 1.165) is 10.8 Å². The highest BCUT2D eigenvalue weighted by Crippen LogP contribution is 2.47. The Morgan fingerprint density at radius 3 is 2.54 bits per heavy atom. The Kier molecular flexibility index (Phi) is 5.88. The molecule has 1 unspecified atom stereocenters. The summed E-state index contributed by atoms with van der Waals surface area (Å²) in [6.45, 7) is 1.27. The van der Waals surface area contributed by atoms with E-state index in [1.807, 2.05) is 0 Å². The van der Waals surface area contributed by atoms with Crippen molar-refractivity contribution in [2.75, 3.05) is 0 Å². The van der Waals surface area contributed by atoms with Crippen molar-refractivity contribution >= 4 is 7.82 Å². The number of nitrogens with zero attached hydrogens (tertiary/aromatic N) is 1. The van der Waals surface area contributed by atoms with Crippen molar-refractivity contribution in [3.63, 3.8) is 0 Å². The predicted octanol–water partition coefficient (Wildman–Crippen LogP) is -1.19. The first-order valence-corrected chi connectivity index (χ1v) is 9.17. The number of phosphoric ester groups is 1. The highest BCUT2D eigenvalue weighted by molar-refractivity contribution is 7.46. The lowest BCUT2D eigenvalue weighted by molar-refractivity contribution is -0.128. The third-order valence-corrected chi connectivity index (χ3v) is 4.76. The van der Waals surface area contributed by atoms with Crippen LogP contribution in [0, 0.1) is 0 Å². The van der Waals surface area contributed by atoms with Gasteiger partial charge in [-0.15, -0.1) is 0 Å². The monoisotopic (exact) mass is 398 g/mol. The average Bonchev–Trinajstić information content (AvgIpc) is 2.79. The molecule has 5 atom stereocenters. The highest BCUT2D eigenvalue weighted by atomic mass is 31.2. The zero-order valence-electron chi connectivity index (χ0n) is 13.9. The van der Waals surface area contributed by atoms with Crippen molar-refractivity contribution < 1.29 is 38.2 Å². The molecule has 1 aromatic heterocycles. The molecule has 0 bridgehead atoms. The van der Waals surface area contributed by atoms with Crippen LogP contribution in [-0.4, -0.2) is 53.7 Å². The summed E-state index contributed by atoms with van der Waals surface area (Å²) >= 11 is 0. The van der Waals surface area contributed by atoms with Gasteiger partial charge in [-0.1, -0.05) is 6.92 Å². The van der Waals surface area contributed by atoms with E-state index in [9.17, 15) is 28.8 Å². The molecule has 0 aromatic carbocycles. The lowest BCUT2D eigenvalue weighted by Crippen LogP contribution is -2.38. The predicted molar refractivity (Wildman–Crippen MR) is 83.8 cm³/mol. The smallest absolute Gasteiger partial charge is 0.388 e. The first-order chi connectivity index (χ1) is 11.9. The van der Waals surface area contributed by atoms with Crippen molar-refractivity contribution in [3.8, 4) is 0 Å². The third-order valence-electron chi connectivity index (χ3n) is 4.19. The van der Waals surface area contributed by atoms with Gasteiger partial charge in [0.05, 0.1) is 11.7 Å². The maximum Gasteiger partial charge on any atom is 0.472 e. The van der Waals surface area contributed by atoms with Crippen LogP contribution < -0.4 is 11.2 Å². The van der Waals surface area contributed by atoms with Crippen molar-refractivity contribution in [1.82, 2.24) is 9.55 Å². The fraction of sp³-hybridized carbons (Fsp3) is 0.692. The summed E-state index contributed by atoms with van der Waals surface area (Å²) in [5.74, 6) is -2.82. The summed E-state index contributed by atoms with van der Waals surface area (Å²) in [5.41, 5.74) is -1.65. The van der Waals surface area contributed by atoms with Crippen molar-refractivity contribution in [2.45, 2.75) is 50.0 Å². The first kappa shape index (κ1) is 20.9. The molecule has 1 aromatic rings. The molecule has 0 spiro atoms. The molecule has 5 N–H and O–H groups in total. The van der Waals surface area contributed by atoms with Gasteiger partial charge in [0, 0.05) is 26.1 Å². The van der Waals surface area contributed by atoms with Gasteiger partial charge in [0.25, 0.3) is 5.56 Å². The van der Waals surface area contributed by atoms with Gasteiger partial charge in [0.15, 0.2) is 0 Å². The molecule has 2 rings (SSSR count). The number of aliphatic hydroxyl groups is 2. The number of rotatable bonds is 6.